The first-order chi connectivity index (χ1) is 23.8. The zero-order valence-corrected chi connectivity index (χ0v) is 27.2. The molecule has 3 heterocycles. The number of para-hydroxylation sites is 1. The van der Waals surface area contributed by atoms with Crippen molar-refractivity contribution in [1.29, 1.82) is 0 Å². The Morgan fingerprint density at radius 1 is 0.396 bits per heavy atom. The number of benzene rings is 8. The van der Waals surface area contributed by atoms with Crippen molar-refractivity contribution in [1.82, 2.24) is 9.97 Å². The molecule has 0 radical (unpaired) electrons. The molecule has 4 heteroatoms. The predicted molar refractivity (Wildman–Crippen MR) is 209 cm³/mol. The maximum absolute atomic E-state index is 5.33. The van der Waals surface area contributed by atoms with Gasteiger partial charge in [-0.25, -0.2) is 9.97 Å². The van der Waals surface area contributed by atoms with Crippen LogP contribution >= 0.6 is 22.7 Å². The van der Waals surface area contributed by atoms with Crippen molar-refractivity contribution < 1.29 is 0 Å². The van der Waals surface area contributed by atoms with Gasteiger partial charge in [-0.2, -0.15) is 0 Å². The van der Waals surface area contributed by atoms with E-state index in [1.165, 1.54) is 72.7 Å². The largest absolute Gasteiger partial charge is 0.228 e. The first-order valence-electron chi connectivity index (χ1n) is 16.2. The molecule has 0 aliphatic carbocycles. The van der Waals surface area contributed by atoms with Crippen molar-refractivity contribution in [2.75, 3.05) is 0 Å². The first kappa shape index (κ1) is 26.4. The van der Waals surface area contributed by atoms with Gasteiger partial charge in [-0.1, -0.05) is 121 Å². The molecule has 11 aromatic rings. The van der Waals surface area contributed by atoms with Crippen molar-refractivity contribution >= 4 is 106 Å². The Kier molecular flexibility index (Phi) is 5.45. The second-order valence-corrected chi connectivity index (χ2v) is 14.6. The van der Waals surface area contributed by atoms with Gasteiger partial charge in [0.25, 0.3) is 0 Å². The number of hydrogen-bond donors (Lipinski definition) is 0. The molecule has 0 saturated heterocycles. The smallest absolute Gasteiger partial charge is 0.160 e. The predicted octanol–water partition coefficient (Wildman–Crippen LogP) is 13.2. The number of thiophene rings is 2. The van der Waals surface area contributed by atoms with Gasteiger partial charge in [0.2, 0.25) is 0 Å². The maximum atomic E-state index is 5.33. The third-order valence-electron chi connectivity index (χ3n) is 9.86. The number of hydrogen-bond acceptors (Lipinski definition) is 4. The van der Waals surface area contributed by atoms with Gasteiger partial charge < -0.3 is 0 Å². The van der Waals surface area contributed by atoms with E-state index in [-0.39, 0.29) is 0 Å². The van der Waals surface area contributed by atoms with Crippen LogP contribution in [0.1, 0.15) is 0 Å². The van der Waals surface area contributed by atoms with E-state index < -0.39 is 0 Å². The molecule has 0 amide bonds. The Morgan fingerprint density at radius 2 is 1.00 bits per heavy atom. The van der Waals surface area contributed by atoms with E-state index in [1.54, 1.807) is 0 Å². The summed E-state index contributed by atoms with van der Waals surface area (Å²) in [6.45, 7) is 0. The zero-order valence-electron chi connectivity index (χ0n) is 25.6. The van der Waals surface area contributed by atoms with Gasteiger partial charge in [-0.15, -0.1) is 22.7 Å². The number of rotatable bonds is 2. The average molecular weight is 645 g/mol. The molecule has 0 aliphatic rings. The average Bonchev–Trinajstić information content (AvgIpc) is 3.73. The molecule has 0 unspecified atom stereocenters. The Hall–Kier alpha value is -5.68. The van der Waals surface area contributed by atoms with E-state index in [4.69, 9.17) is 9.97 Å². The minimum atomic E-state index is 0.744. The number of fused-ring (bicyclic) bond motifs is 13. The van der Waals surface area contributed by atoms with E-state index >= 15 is 0 Å². The fourth-order valence-electron chi connectivity index (χ4n) is 7.64. The summed E-state index contributed by atoms with van der Waals surface area (Å²) >= 11 is 3.73. The first-order valence-corrected chi connectivity index (χ1v) is 17.8. The fraction of sp³-hybridized carbons (Fsp3) is 0. The number of nitrogens with zero attached hydrogens (tertiary/aromatic N) is 2. The van der Waals surface area contributed by atoms with E-state index in [1.807, 2.05) is 22.7 Å². The molecule has 0 aliphatic heterocycles. The molecule has 8 aromatic carbocycles. The van der Waals surface area contributed by atoms with E-state index in [9.17, 15) is 0 Å². The SMILES string of the molecule is c1ccc2c(-c3cccc4c3sc3ccccc34)nc(-c3ccc4c(ccc5ccc6c(ccc7c8ccccc8sc76)c54)c3)nc2c1. The molecule has 0 fully saturated rings. The van der Waals surface area contributed by atoms with Crippen molar-refractivity contribution in [2.24, 2.45) is 0 Å². The van der Waals surface area contributed by atoms with Crippen LogP contribution in [-0.2, 0) is 0 Å². The molecule has 0 saturated carbocycles. The monoisotopic (exact) mass is 644 g/mol. The summed E-state index contributed by atoms with van der Waals surface area (Å²) in [7, 11) is 0. The van der Waals surface area contributed by atoms with Crippen LogP contribution in [0.3, 0.4) is 0 Å². The van der Waals surface area contributed by atoms with Crippen LogP contribution in [0.4, 0.5) is 0 Å². The van der Waals surface area contributed by atoms with Gasteiger partial charge in [0.1, 0.15) is 0 Å². The lowest BCUT2D eigenvalue weighted by molar-refractivity contribution is 1.23. The third-order valence-corrected chi connectivity index (χ3v) is 12.3. The highest BCUT2D eigenvalue weighted by atomic mass is 32.1. The van der Waals surface area contributed by atoms with Crippen LogP contribution in [0, 0.1) is 0 Å². The molecule has 48 heavy (non-hydrogen) atoms. The highest BCUT2D eigenvalue weighted by Crippen LogP contribution is 2.43. The highest BCUT2D eigenvalue weighted by molar-refractivity contribution is 7.27. The third kappa shape index (κ3) is 3.73. The highest BCUT2D eigenvalue weighted by Gasteiger charge is 2.17. The molecule has 222 valence electrons. The maximum Gasteiger partial charge on any atom is 0.160 e. The van der Waals surface area contributed by atoms with Gasteiger partial charge in [0.05, 0.1) is 11.2 Å². The summed E-state index contributed by atoms with van der Waals surface area (Å²) in [6, 6.07) is 52.8. The molecule has 2 nitrogen and oxygen atoms in total. The summed E-state index contributed by atoms with van der Waals surface area (Å²) in [5.41, 5.74) is 4.10. The minimum absolute atomic E-state index is 0.744. The Labute approximate surface area is 283 Å². The molecular weight excluding hydrogens is 621 g/mol. The normalized spacial score (nSPS) is 12.2. The summed E-state index contributed by atoms with van der Waals surface area (Å²) in [6.07, 6.45) is 0. The second kappa shape index (κ2) is 9.91. The summed E-state index contributed by atoms with van der Waals surface area (Å²) in [5.74, 6) is 0.744. The zero-order chi connectivity index (χ0) is 31.3. The molecule has 0 N–H and O–H groups in total. The van der Waals surface area contributed by atoms with Crippen LogP contribution in [0.5, 0.6) is 0 Å². The molecule has 0 spiro atoms. The van der Waals surface area contributed by atoms with Crippen molar-refractivity contribution in [2.45, 2.75) is 0 Å². The van der Waals surface area contributed by atoms with Crippen molar-refractivity contribution in [3.63, 3.8) is 0 Å². The standard InChI is InChI=1S/C44H24N2S2/c1-4-13-37-35(10-1)41(36-12-7-11-32-29-8-2-5-14-38(29)48-43(32)36)46-44(45-37)27-19-20-28-26(24-27)17-16-25-18-21-34-31(40(25)28)22-23-33-30-9-3-6-15-39(30)47-42(33)34/h1-24H. The lowest BCUT2D eigenvalue weighted by atomic mass is 9.94. The summed E-state index contributed by atoms with van der Waals surface area (Å²) < 4.78 is 5.25. The minimum Gasteiger partial charge on any atom is -0.228 e. The van der Waals surface area contributed by atoms with Crippen LogP contribution in [-0.4, -0.2) is 9.97 Å². The summed E-state index contributed by atoms with van der Waals surface area (Å²) in [4.78, 5) is 10.5. The van der Waals surface area contributed by atoms with Crippen molar-refractivity contribution in [3.8, 4) is 22.6 Å². The molecule has 0 atom stereocenters. The molecule has 0 bridgehead atoms. The van der Waals surface area contributed by atoms with E-state index in [2.05, 4.69) is 146 Å². The van der Waals surface area contributed by atoms with Crippen LogP contribution in [0.2, 0.25) is 0 Å². The van der Waals surface area contributed by atoms with Gasteiger partial charge in [0.15, 0.2) is 5.82 Å². The van der Waals surface area contributed by atoms with Crippen LogP contribution in [0.25, 0.3) is 106 Å². The topological polar surface area (TPSA) is 25.8 Å². The van der Waals surface area contributed by atoms with Gasteiger partial charge in [0, 0.05) is 62.2 Å². The lowest BCUT2D eigenvalue weighted by Gasteiger charge is -2.12. The van der Waals surface area contributed by atoms with Crippen LogP contribution in [0.15, 0.2) is 146 Å². The van der Waals surface area contributed by atoms with Gasteiger partial charge >= 0.3 is 0 Å². The lowest BCUT2D eigenvalue weighted by Crippen LogP contribution is -1.95. The Balaban J connectivity index is 1.13. The second-order valence-electron chi connectivity index (χ2n) is 12.5. The fourth-order valence-corrected chi connectivity index (χ4v) is 10.1. The van der Waals surface area contributed by atoms with E-state index in [0.717, 1.165) is 33.5 Å². The van der Waals surface area contributed by atoms with Gasteiger partial charge in [-0.3, -0.25) is 0 Å². The molecule has 11 rings (SSSR count). The molecular formula is C44H24N2S2. The Bertz CT molecular complexity index is 3130. The van der Waals surface area contributed by atoms with E-state index in [0.29, 0.717) is 0 Å². The molecule has 3 aromatic heterocycles. The van der Waals surface area contributed by atoms with Gasteiger partial charge in [-0.05, 0) is 51.2 Å². The summed E-state index contributed by atoms with van der Waals surface area (Å²) in [5, 5.41) is 13.9. The number of aromatic nitrogens is 2. The van der Waals surface area contributed by atoms with Crippen LogP contribution < -0.4 is 0 Å². The van der Waals surface area contributed by atoms with Crippen molar-refractivity contribution in [3.05, 3.63) is 146 Å². The quantitative estimate of drug-likeness (QED) is 0.175. The Morgan fingerprint density at radius 3 is 1.85 bits per heavy atom.